The third-order valence-electron chi connectivity index (χ3n) is 2.84. The molecule has 76 valence electrons. The van der Waals surface area contributed by atoms with E-state index in [1.165, 1.54) is 31.4 Å². The SMILES string of the molecule is Cc1cc(C2CCCC2)nc(CS)n1. The van der Waals surface area contributed by atoms with Crippen molar-refractivity contribution in [3.63, 3.8) is 0 Å². The zero-order valence-corrected chi connectivity index (χ0v) is 9.43. The summed E-state index contributed by atoms with van der Waals surface area (Å²) in [6, 6.07) is 2.13. The third kappa shape index (κ3) is 2.08. The largest absolute Gasteiger partial charge is 0.237 e. The van der Waals surface area contributed by atoms with E-state index in [0.717, 1.165) is 11.5 Å². The molecule has 1 aromatic rings. The highest BCUT2D eigenvalue weighted by Crippen LogP contribution is 2.33. The Balaban J connectivity index is 2.27. The monoisotopic (exact) mass is 208 g/mol. The van der Waals surface area contributed by atoms with Gasteiger partial charge in [0.05, 0.1) is 5.75 Å². The summed E-state index contributed by atoms with van der Waals surface area (Å²) in [5, 5.41) is 0. The maximum absolute atomic E-state index is 4.55. The average Bonchev–Trinajstić information content (AvgIpc) is 2.69. The molecule has 2 rings (SSSR count). The molecule has 0 aromatic carbocycles. The van der Waals surface area contributed by atoms with Crippen LogP contribution in [0.4, 0.5) is 0 Å². The number of thiol groups is 1. The lowest BCUT2D eigenvalue weighted by atomic mass is 10.0. The molecule has 0 aliphatic heterocycles. The van der Waals surface area contributed by atoms with Crippen LogP contribution in [0.1, 0.15) is 48.8 Å². The molecule has 0 spiro atoms. The topological polar surface area (TPSA) is 25.8 Å². The van der Waals surface area contributed by atoms with Crippen LogP contribution < -0.4 is 0 Å². The maximum Gasteiger partial charge on any atom is 0.138 e. The molecular formula is C11H16N2S. The molecular weight excluding hydrogens is 192 g/mol. The smallest absolute Gasteiger partial charge is 0.138 e. The van der Waals surface area contributed by atoms with Gasteiger partial charge in [-0.05, 0) is 25.8 Å². The van der Waals surface area contributed by atoms with Crippen molar-refractivity contribution in [2.24, 2.45) is 0 Å². The molecule has 1 fully saturated rings. The fourth-order valence-corrected chi connectivity index (χ4v) is 2.30. The van der Waals surface area contributed by atoms with Gasteiger partial charge in [-0.1, -0.05) is 12.8 Å². The van der Waals surface area contributed by atoms with E-state index in [0.29, 0.717) is 11.7 Å². The van der Waals surface area contributed by atoms with Crippen molar-refractivity contribution in [3.8, 4) is 0 Å². The van der Waals surface area contributed by atoms with Crippen LogP contribution >= 0.6 is 12.6 Å². The van der Waals surface area contributed by atoms with Gasteiger partial charge in [-0.25, -0.2) is 9.97 Å². The predicted molar refractivity (Wildman–Crippen MR) is 60.7 cm³/mol. The molecule has 2 nitrogen and oxygen atoms in total. The fraction of sp³-hybridized carbons (Fsp3) is 0.636. The first-order valence-corrected chi connectivity index (χ1v) is 5.88. The van der Waals surface area contributed by atoms with Crippen LogP contribution in [-0.4, -0.2) is 9.97 Å². The quantitative estimate of drug-likeness (QED) is 0.756. The molecule has 1 aliphatic rings. The first-order valence-electron chi connectivity index (χ1n) is 5.25. The Morgan fingerprint density at radius 3 is 2.71 bits per heavy atom. The highest BCUT2D eigenvalue weighted by molar-refractivity contribution is 7.79. The summed E-state index contributed by atoms with van der Waals surface area (Å²) in [5.74, 6) is 2.19. The van der Waals surface area contributed by atoms with Gasteiger partial charge in [0, 0.05) is 17.3 Å². The van der Waals surface area contributed by atoms with E-state index in [1.54, 1.807) is 0 Å². The molecule has 3 heteroatoms. The molecule has 1 aromatic heterocycles. The van der Waals surface area contributed by atoms with Gasteiger partial charge >= 0.3 is 0 Å². The van der Waals surface area contributed by atoms with Crippen molar-refractivity contribution in [1.29, 1.82) is 0 Å². The van der Waals surface area contributed by atoms with E-state index in [1.807, 2.05) is 6.92 Å². The molecule has 0 amide bonds. The van der Waals surface area contributed by atoms with E-state index in [9.17, 15) is 0 Å². The van der Waals surface area contributed by atoms with Crippen LogP contribution in [0.2, 0.25) is 0 Å². The maximum atomic E-state index is 4.55. The van der Waals surface area contributed by atoms with Crippen LogP contribution in [0, 0.1) is 6.92 Å². The molecule has 0 bridgehead atoms. The molecule has 0 saturated heterocycles. The van der Waals surface area contributed by atoms with Crippen molar-refractivity contribution in [3.05, 3.63) is 23.3 Å². The van der Waals surface area contributed by atoms with Gasteiger partial charge in [0.25, 0.3) is 0 Å². The van der Waals surface area contributed by atoms with E-state index in [-0.39, 0.29) is 0 Å². The van der Waals surface area contributed by atoms with Gasteiger partial charge in [-0.15, -0.1) is 0 Å². The van der Waals surface area contributed by atoms with E-state index >= 15 is 0 Å². The zero-order valence-electron chi connectivity index (χ0n) is 8.53. The van der Waals surface area contributed by atoms with Crippen molar-refractivity contribution in [1.82, 2.24) is 9.97 Å². The Kier molecular flexibility index (Phi) is 3.06. The fourth-order valence-electron chi connectivity index (χ4n) is 2.16. The third-order valence-corrected chi connectivity index (χ3v) is 3.12. The second-order valence-electron chi connectivity index (χ2n) is 3.99. The second kappa shape index (κ2) is 4.30. The summed E-state index contributed by atoms with van der Waals surface area (Å²) in [4.78, 5) is 8.88. The van der Waals surface area contributed by atoms with Crippen molar-refractivity contribution < 1.29 is 0 Å². The summed E-state index contributed by atoms with van der Waals surface area (Å²) in [5.41, 5.74) is 2.31. The van der Waals surface area contributed by atoms with Gasteiger partial charge in [0.2, 0.25) is 0 Å². The van der Waals surface area contributed by atoms with Gasteiger partial charge in [0.15, 0.2) is 0 Å². The van der Waals surface area contributed by atoms with Gasteiger partial charge < -0.3 is 0 Å². The van der Waals surface area contributed by atoms with Gasteiger partial charge in [-0.2, -0.15) is 12.6 Å². The minimum absolute atomic E-state index is 0.640. The molecule has 1 saturated carbocycles. The minimum atomic E-state index is 0.640. The van der Waals surface area contributed by atoms with Crippen molar-refractivity contribution >= 4 is 12.6 Å². The minimum Gasteiger partial charge on any atom is -0.237 e. The Morgan fingerprint density at radius 2 is 2.07 bits per heavy atom. The first-order chi connectivity index (χ1) is 6.79. The molecule has 1 heterocycles. The van der Waals surface area contributed by atoms with Gasteiger partial charge in [0.1, 0.15) is 5.82 Å². The lowest BCUT2D eigenvalue weighted by Gasteiger charge is -2.10. The highest BCUT2D eigenvalue weighted by atomic mass is 32.1. The molecule has 14 heavy (non-hydrogen) atoms. The van der Waals surface area contributed by atoms with Crippen LogP contribution in [0.15, 0.2) is 6.07 Å². The standard InChI is InChI=1S/C11H16N2S/c1-8-6-10(9-4-2-3-5-9)13-11(7-14)12-8/h6,9,14H,2-5,7H2,1H3. The van der Waals surface area contributed by atoms with E-state index in [4.69, 9.17) is 0 Å². The number of aryl methyl sites for hydroxylation is 1. The number of hydrogen-bond donors (Lipinski definition) is 1. The summed E-state index contributed by atoms with van der Waals surface area (Å²) in [7, 11) is 0. The van der Waals surface area contributed by atoms with E-state index in [2.05, 4.69) is 28.7 Å². The van der Waals surface area contributed by atoms with Crippen molar-refractivity contribution in [2.75, 3.05) is 0 Å². The first kappa shape index (κ1) is 9.97. The van der Waals surface area contributed by atoms with Crippen LogP contribution in [-0.2, 0) is 5.75 Å². The van der Waals surface area contributed by atoms with Crippen LogP contribution in [0.3, 0.4) is 0 Å². The zero-order chi connectivity index (χ0) is 9.97. The predicted octanol–water partition coefficient (Wildman–Crippen LogP) is 2.87. The Labute approximate surface area is 90.6 Å². The molecule has 0 N–H and O–H groups in total. The van der Waals surface area contributed by atoms with Gasteiger partial charge in [-0.3, -0.25) is 0 Å². The Bertz CT molecular complexity index is 319. The summed E-state index contributed by atoms with van der Waals surface area (Å²) in [6.07, 6.45) is 5.29. The summed E-state index contributed by atoms with van der Waals surface area (Å²) in [6.45, 7) is 2.03. The highest BCUT2D eigenvalue weighted by Gasteiger charge is 2.19. The molecule has 0 unspecified atom stereocenters. The lowest BCUT2D eigenvalue weighted by molar-refractivity contribution is 0.686. The molecule has 0 atom stereocenters. The van der Waals surface area contributed by atoms with E-state index < -0.39 is 0 Å². The lowest BCUT2D eigenvalue weighted by Crippen LogP contribution is -2.03. The number of aromatic nitrogens is 2. The Hall–Kier alpha value is -0.570. The molecule has 0 radical (unpaired) electrons. The van der Waals surface area contributed by atoms with Crippen LogP contribution in [0.25, 0.3) is 0 Å². The average molecular weight is 208 g/mol. The number of hydrogen-bond acceptors (Lipinski definition) is 3. The molecule has 1 aliphatic carbocycles. The second-order valence-corrected chi connectivity index (χ2v) is 4.31. The van der Waals surface area contributed by atoms with Crippen LogP contribution in [0.5, 0.6) is 0 Å². The van der Waals surface area contributed by atoms with Crippen molar-refractivity contribution in [2.45, 2.75) is 44.3 Å². The Morgan fingerprint density at radius 1 is 1.36 bits per heavy atom. The normalized spacial score (nSPS) is 17.6. The number of rotatable bonds is 2. The number of nitrogens with zero attached hydrogens (tertiary/aromatic N) is 2. The summed E-state index contributed by atoms with van der Waals surface area (Å²) >= 11 is 4.22. The summed E-state index contributed by atoms with van der Waals surface area (Å²) < 4.78 is 0.